The maximum atomic E-state index is 2.63. The summed E-state index contributed by atoms with van der Waals surface area (Å²) in [5.74, 6) is 3.59. The summed E-state index contributed by atoms with van der Waals surface area (Å²) < 4.78 is 2.63. The molecule has 0 saturated heterocycles. The Hall–Kier alpha value is -0.590. The second-order valence-corrected chi connectivity index (χ2v) is 7.96. The molecule has 1 nitrogen and oxygen atoms in total. The van der Waals surface area contributed by atoms with Gasteiger partial charge in [0.15, 0.2) is 18.5 Å². The Balaban J connectivity index is 1.79. The van der Waals surface area contributed by atoms with Crippen molar-refractivity contribution in [3.8, 4) is 0 Å². The van der Waals surface area contributed by atoms with E-state index in [0.29, 0.717) is 0 Å². The Morgan fingerprint density at radius 1 is 0.913 bits per heavy atom. The van der Waals surface area contributed by atoms with Crippen LogP contribution in [0.1, 0.15) is 91.9 Å². The summed E-state index contributed by atoms with van der Waals surface area (Å²) in [7, 11) is 0. The summed E-state index contributed by atoms with van der Waals surface area (Å²) in [6, 6.07) is 0. The van der Waals surface area contributed by atoms with E-state index in [-0.39, 0.29) is 0 Å². The third kappa shape index (κ3) is 5.19. The topological polar surface area (TPSA) is 3.01 Å². The van der Waals surface area contributed by atoms with E-state index < -0.39 is 0 Å². The van der Waals surface area contributed by atoms with Gasteiger partial charge in [-0.1, -0.05) is 66.2 Å². The maximum absolute atomic E-state index is 2.63. The Kier molecular flexibility index (Phi) is 7.86. The lowest BCUT2D eigenvalue weighted by Gasteiger charge is -2.13. The average Bonchev–Trinajstić information content (AvgIpc) is 3.11. The number of hydrogen-bond acceptors (Lipinski definition) is 0. The van der Waals surface area contributed by atoms with Crippen molar-refractivity contribution in [3.63, 3.8) is 0 Å². The van der Waals surface area contributed by atoms with Gasteiger partial charge in [0, 0.05) is 5.92 Å². The van der Waals surface area contributed by atoms with Crippen LogP contribution in [0.25, 0.3) is 0 Å². The summed E-state index contributed by atoms with van der Waals surface area (Å²) >= 11 is 0. The fourth-order valence-corrected chi connectivity index (χ4v) is 4.39. The van der Waals surface area contributed by atoms with Gasteiger partial charge in [0.25, 0.3) is 0 Å². The molecule has 4 atom stereocenters. The van der Waals surface area contributed by atoms with Gasteiger partial charge in [-0.2, -0.15) is 0 Å². The predicted molar refractivity (Wildman–Crippen MR) is 102 cm³/mol. The summed E-state index contributed by atoms with van der Waals surface area (Å²) in [4.78, 5) is 0. The second-order valence-electron chi connectivity index (χ2n) is 7.96. The molecular formula is C22H40N+. The lowest BCUT2D eigenvalue weighted by Crippen LogP contribution is -2.17. The molecule has 0 bridgehead atoms. The van der Waals surface area contributed by atoms with Gasteiger partial charge in [-0.25, -0.2) is 4.58 Å². The van der Waals surface area contributed by atoms with Crippen LogP contribution in [0.5, 0.6) is 0 Å². The van der Waals surface area contributed by atoms with Crippen LogP contribution in [0.3, 0.4) is 0 Å². The van der Waals surface area contributed by atoms with E-state index >= 15 is 0 Å². The normalized spacial score (nSPS) is 24.9. The number of allylic oxidation sites excluding steroid dienone is 1. The first kappa shape index (κ1) is 18.7. The van der Waals surface area contributed by atoms with Crippen molar-refractivity contribution in [2.24, 2.45) is 23.7 Å². The Bertz CT molecular complexity index is 406. The first-order valence-corrected chi connectivity index (χ1v) is 10.6. The fourth-order valence-electron chi connectivity index (χ4n) is 4.39. The smallest absolute Gasteiger partial charge is 0.169 e. The zero-order valence-electron chi connectivity index (χ0n) is 16.2. The molecule has 0 amide bonds. The van der Waals surface area contributed by atoms with Crippen LogP contribution < -0.4 is 0 Å². The highest BCUT2D eigenvalue weighted by molar-refractivity contribution is 6.03. The van der Waals surface area contributed by atoms with Crippen LogP contribution in [0.4, 0.5) is 0 Å². The van der Waals surface area contributed by atoms with Gasteiger partial charge in [0.1, 0.15) is 0 Å². The molecule has 1 heteroatoms. The highest BCUT2D eigenvalue weighted by Crippen LogP contribution is 2.44. The second kappa shape index (κ2) is 9.64. The summed E-state index contributed by atoms with van der Waals surface area (Å²) in [6.07, 6.45) is 18.9. The molecule has 0 aromatic carbocycles. The highest BCUT2D eigenvalue weighted by Gasteiger charge is 2.55. The minimum Gasteiger partial charge on any atom is -0.205 e. The quantitative estimate of drug-likeness (QED) is 0.344. The number of nitrogens with zero attached hydrogens (tertiary/aromatic N) is 1. The number of unbranched alkanes of at least 4 members (excludes halogenated alkanes) is 2. The molecule has 4 unspecified atom stereocenters. The number of rotatable bonds is 13. The van der Waals surface area contributed by atoms with E-state index in [1.54, 1.807) is 5.71 Å². The molecule has 1 aliphatic carbocycles. The van der Waals surface area contributed by atoms with Crippen LogP contribution in [0, 0.1) is 23.7 Å². The van der Waals surface area contributed by atoms with Crippen LogP contribution in [0.15, 0.2) is 12.3 Å². The average molecular weight is 319 g/mol. The third-order valence-electron chi connectivity index (χ3n) is 6.28. The van der Waals surface area contributed by atoms with Gasteiger partial charge in [-0.3, -0.25) is 0 Å². The molecule has 1 heterocycles. The van der Waals surface area contributed by atoms with E-state index in [9.17, 15) is 0 Å². The minimum atomic E-state index is 0.822. The number of hydrogen-bond donors (Lipinski definition) is 0. The molecule has 1 aliphatic heterocycles. The Labute approximate surface area is 145 Å². The van der Waals surface area contributed by atoms with E-state index in [1.807, 2.05) is 0 Å². The van der Waals surface area contributed by atoms with Crippen LogP contribution in [-0.4, -0.2) is 16.8 Å². The molecule has 0 aromatic heterocycles. The Morgan fingerprint density at radius 2 is 1.57 bits per heavy atom. The molecule has 0 spiro atoms. The predicted octanol–water partition coefficient (Wildman–Crippen LogP) is 6.43. The van der Waals surface area contributed by atoms with Gasteiger partial charge < -0.3 is 0 Å². The molecule has 23 heavy (non-hydrogen) atoms. The third-order valence-corrected chi connectivity index (χ3v) is 6.28. The molecule has 2 rings (SSSR count). The summed E-state index contributed by atoms with van der Waals surface area (Å²) in [6.45, 7) is 10.7. The number of fused-ring (bicyclic) bond motifs is 1. The van der Waals surface area contributed by atoms with Crippen molar-refractivity contribution >= 4 is 5.71 Å². The molecule has 2 aliphatic rings. The summed E-state index contributed by atoms with van der Waals surface area (Å²) in [5.41, 5.74) is 1.77. The molecule has 1 saturated carbocycles. The lowest BCUT2D eigenvalue weighted by atomic mass is 9.93. The lowest BCUT2D eigenvalue weighted by molar-refractivity contribution is -0.462. The minimum absolute atomic E-state index is 0.822. The Morgan fingerprint density at radius 3 is 2.17 bits per heavy atom. The molecule has 1 fully saturated rings. The van der Waals surface area contributed by atoms with Crippen molar-refractivity contribution in [1.29, 1.82) is 0 Å². The summed E-state index contributed by atoms with van der Waals surface area (Å²) in [5, 5.41) is 0. The van der Waals surface area contributed by atoms with E-state index in [2.05, 4.69) is 44.5 Å². The fraction of sp³-hybridized carbons (Fsp3) is 0.864. The molecule has 0 radical (unpaired) electrons. The molecule has 0 N–H and O–H groups in total. The van der Waals surface area contributed by atoms with Gasteiger partial charge in [-0.15, -0.1) is 0 Å². The standard InChI is InChI=1S/C22H40N/c1-5-9-11-18(7-3)13-14-20-21-15-16-23(22(20)21)17-19(8-4)12-10-6-2/h15-16,18-21H,5-14,17H2,1-4H3/q+1. The van der Waals surface area contributed by atoms with Gasteiger partial charge in [0.2, 0.25) is 0 Å². The first-order chi connectivity index (χ1) is 11.2. The van der Waals surface area contributed by atoms with Gasteiger partial charge in [-0.05, 0) is 37.7 Å². The van der Waals surface area contributed by atoms with E-state index in [0.717, 1.165) is 23.7 Å². The monoisotopic (exact) mass is 318 g/mol. The van der Waals surface area contributed by atoms with E-state index in [1.165, 1.54) is 70.8 Å². The van der Waals surface area contributed by atoms with Crippen LogP contribution >= 0.6 is 0 Å². The molecular weight excluding hydrogens is 278 g/mol. The van der Waals surface area contributed by atoms with Gasteiger partial charge in [0.05, 0.1) is 11.8 Å². The van der Waals surface area contributed by atoms with Crippen molar-refractivity contribution in [2.45, 2.75) is 91.9 Å². The van der Waals surface area contributed by atoms with Crippen molar-refractivity contribution < 1.29 is 4.58 Å². The molecule has 0 aromatic rings. The molecule has 132 valence electrons. The maximum Gasteiger partial charge on any atom is 0.169 e. The zero-order chi connectivity index (χ0) is 16.7. The zero-order valence-corrected chi connectivity index (χ0v) is 16.2. The first-order valence-electron chi connectivity index (χ1n) is 10.6. The van der Waals surface area contributed by atoms with Crippen LogP contribution in [-0.2, 0) is 0 Å². The highest BCUT2D eigenvalue weighted by atomic mass is 15.1. The largest absolute Gasteiger partial charge is 0.205 e. The van der Waals surface area contributed by atoms with E-state index in [4.69, 9.17) is 0 Å². The SMILES string of the molecule is CCCCC(CC)CCC1C2=[N+](CC(CC)CCCC)C=CC21. The van der Waals surface area contributed by atoms with Crippen molar-refractivity contribution in [1.82, 2.24) is 0 Å². The van der Waals surface area contributed by atoms with Crippen molar-refractivity contribution in [3.05, 3.63) is 12.3 Å². The van der Waals surface area contributed by atoms with Crippen molar-refractivity contribution in [2.75, 3.05) is 6.54 Å². The van der Waals surface area contributed by atoms with Crippen LogP contribution in [0.2, 0.25) is 0 Å². The van der Waals surface area contributed by atoms with Gasteiger partial charge >= 0.3 is 0 Å².